The number of nitro groups is 1. The van der Waals surface area contributed by atoms with Crippen LogP contribution in [0.25, 0.3) is 0 Å². The molecule has 1 N–H and O–H groups in total. The molecule has 0 spiro atoms. The minimum absolute atomic E-state index is 0.0132. The maximum atomic E-state index is 10.8. The Bertz CT molecular complexity index is 657. The molecule has 20 heavy (non-hydrogen) atoms. The van der Waals surface area contributed by atoms with Crippen molar-refractivity contribution in [1.29, 1.82) is 0 Å². The first-order valence-electron chi connectivity index (χ1n) is 6.03. The van der Waals surface area contributed by atoms with Crippen LogP contribution in [-0.4, -0.2) is 9.91 Å². The number of nitro benzene ring substituents is 1. The van der Waals surface area contributed by atoms with Gasteiger partial charge in [0.2, 0.25) is 0 Å². The number of benzene rings is 1. The summed E-state index contributed by atoms with van der Waals surface area (Å²) in [6, 6.07) is 4.35. The van der Waals surface area contributed by atoms with Crippen LogP contribution in [-0.2, 0) is 0 Å². The van der Waals surface area contributed by atoms with E-state index in [4.69, 9.17) is 11.6 Å². The fourth-order valence-corrected chi connectivity index (χ4v) is 3.09. The summed E-state index contributed by atoms with van der Waals surface area (Å²) in [6.45, 7) is 5.88. The van der Waals surface area contributed by atoms with Crippen molar-refractivity contribution in [2.75, 3.05) is 5.32 Å². The Kier molecular flexibility index (Phi) is 4.25. The summed E-state index contributed by atoms with van der Waals surface area (Å²) >= 11 is 7.69. The van der Waals surface area contributed by atoms with Gasteiger partial charge in [0.15, 0.2) is 0 Å². The second kappa shape index (κ2) is 5.76. The predicted octanol–water partition coefficient (Wildman–Crippen LogP) is 4.49. The number of nitrogens with zero attached hydrogens (tertiary/aromatic N) is 2. The zero-order valence-electron chi connectivity index (χ0n) is 11.3. The van der Waals surface area contributed by atoms with Crippen LogP contribution < -0.4 is 5.32 Å². The van der Waals surface area contributed by atoms with Crippen LogP contribution in [0.4, 0.5) is 11.4 Å². The Morgan fingerprint density at radius 1 is 1.45 bits per heavy atom. The largest absolute Gasteiger partial charge is 0.376 e. The van der Waals surface area contributed by atoms with Gasteiger partial charge >= 0.3 is 0 Å². The highest BCUT2D eigenvalue weighted by atomic mass is 35.5. The van der Waals surface area contributed by atoms with Crippen molar-refractivity contribution < 1.29 is 4.92 Å². The van der Waals surface area contributed by atoms with E-state index in [1.165, 1.54) is 18.2 Å². The predicted molar refractivity (Wildman–Crippen MR) is 81.7 cm³/mol. The van der Waals surface area contributed by atoms with E-state index < -0.39 is 4.92 Å². The first kappa shape index (κ1) is 14.7. The number of aromatic nitrogens is 1. The third-order valence-corrected chi connectivity index (χ3v) is 4.45. The molecule has 0 bridgehead atoms. The van der Waals surface area contributed by atoms with Crippen LogP contribution >= 0.6 is 22.9 Å². The summed E-state index contributed by atoms with van der Waals surface area (Å²) in [4.78, 5) is 15.8. The Labute approximate surface area is 125 Å². The Balaban J connectivity index is 2.27. The van der Waals surface area contributed by atoms with Gasteiger partial charge in [0.25, 0.3) is 5.69 Å². The van der Waals surface area contributed by atoms with Gasteiger partial charge in [-0.15, -0.1) is 11.3 Å². The van der Waals surface area contributed by atoms with Gasteiger partial charge in [-0.2, -0.15) is 0 Å². The second-order valence-corrected chi connectivity index (χ2v) is 6.11. The van der Waals surface area contributed by atoms with Crippen LogP contribution in [0.3, 0.4) is 0 Å². The van der Waals surface area contributed by atoms with Gasteiger partial charge in [-0.1, -0.05) is 11.6 Å². The van der Waals surface area contributed by atoms with E-state index in [0.717, 1.165) is 15.6 Å². The molecule has 106 valence electrons. The molecule has 0 radical (unpaired) electrons. The van der Waals surface area contributed by atoms with E-state index in [-0.39, 0.29) is 11.7 Å². The molecular weight excluding hydrogens is 298 g/mol. The lowest BCUT2D eigenvalue weighted by molar-refractivity contribution is -0.384. The summed E-state index contributed by atoms with van der Waals surface area (Å²) in [7, 11) is 0. The van der Waals surface area contributed by atoms with Gasteiger partial charge in [-0.25, -0.2) is 4.98 Å². The fraction of sp³-hybridized carbons (Fsp3) is 0.308. The van der Waals surface area contributed by atoms with Crippen LogP contribution in [0.2, 0.25) is 5.02 Å². The molecule has 0 aliphatic rings. The molecule has 1 aromatic carbocycles. The number of non-ortho nitro benzene ring substituents is 1. The molecule has 0 saturated heterocycles. The minimum atomic E-state index is -0.436. The third kappa shape index (κ3) is 3.08. The van der Waals surface area contributed by atoms with E-state index in [0.29, 0.717) is 10.7 Å². The molecule has 1 atom stereocenters. The van der Waals surface area contributed by atoms with Gasteiger partial charge in [0.05, 0.1) is 32.4 Å². The first-order valence-corrected chi connectivity index (χ1v) is 7.22. The quantitative estimate of drug-likeness (QED) is 0.667. The SMILES string of the molecule is Cc1nc(C)c(C(C)Nc2cc([N+](=O)[O-])ccc2Cl)s1. The maximum absolute atomic E-state index is 10.8. The van der Waals surface area contributed by atoms with E-state index >= 15 is 0 Å². The van der Waals surface area contributed by atoms with E-state index in [1.807, 2.05) is 20.8 Å². The van der Waals surface area contributed by atoms with Crippen molar-refractivity contribution in [3.63, 3.8) is 0 Å². The van der Waals surface area contributed by atoms with Crippen LogP contribution in [0, 0.1) is 24.0 Å². The highest BCUT2D eigenvalue weighted by Crippen LogP contribution is 2.32. The minimum Gasteiger partial charge on any atom is -0.376 e. The maximum Gasteiger partial charge on any atom is 0.271 e. The topological polar surface area (TPSA) is 68.1 Å². The lowest BCUT2D eigenvalue weighted by Crippen LogP contribution is -2.07. The monoisotopic (exact) mass is 311 g/mol. The normalized spacial score (nSPS) is 12.2. The molecule has 2 rings (SSSR count). The van der Waals surface area contributed by atoms with Gasteiger partial charge in [-0.05, 0) is 26.8 Å². The van der Waals surface area contributed by atoms with Crippen molar-refractivity contribution in [2.24, 2.45) is 0 Å². The molecule has 1 aromatic heterocycles. The summed E-state index contributed by atoms with van der Waals surface area (Å²) in [6.07, 6.45) is 0. The van der Waals surface area contributed by atoms with E-state index in [2.05, 4.69) is 10.3 Å². The first-order chi connectivity index (χ1) is 9.38. The molecular formula is C13H14ClN3O2S. The average molecular weight is 312 g/mol. The van der Waals surface area contributed by atoms with Crippen LogP contribution in [0.15, 0.2) is 18.2 Å². The Morgan fingerprint density at radius 3 is 2.70 bits per heavy atom. The van der Waals surface area contributed by atoms with Gasteiger partial charge in [0, 0.05) is 17.0 Å². The summed E-state index contributed by atoms with van der Waals surface area (Å²) in [5.74, 6) is 0. The summed E-state index contributed by atoms with van der Waals surface area (Å²) < 4.78 is 0. The molecule has 0 aliphatic heterocycles. The summed E-state index contributed by atoms with van der Waals surface area (Å²) in [5, 5.41) is 15.5. The average Bonchev–Trinajstić information content (AvgIpc) is 2.71. The summed E-state index contributed by atoms with van der Waals surface area (Å²) in [5.41, 5.74) is 1.54. The van der Waals surface area contributed by atoms with E-state index in [9.17, 15) is 10.1 Å². The zero-order chi connectivity index (χ0) is 14.9. The van der Waals surface area contributed by atoms with Crippen LogP contribution in [0.5, 0.6) is 0 Å². The molecule has 0 fully saturated rings. The number of nitrogens with one attached hydrogen (secondary N) is 1. The standard InChI is InChI=1S/C13H14ClN3O2S/c1-7-13(20-9(3)15-7)8(2)16-12-6-10(17(18)19)4-5-11(12)14/h4-6,8,16H,1-3H3. The van der Waals surface area contributed by atoms with Gasteiger partial charge in [0.1, 0.15) is 0 Å². The highest BCUT2D eigenvalue weighted by Gasteiger charge is 2.16. The molecule has 5 nitrogen and oxygen atoms in total. The fourth-order valence-electron chi connectivity index (χ4n) is 1.99. The lowest BCUT2D eigenvalue weighted by Gasteiger charge is -2.15. The second-order valence-electron chi connectivity index (χ2n) is 4.47. The van der Waals surface area contributed by atoms with Crippen molar-refractivity contribution in [3.8, 4) is 0 Å². The smallest absolute Gasteiger partial charge is 0.271 e. The third-order valence-electron chi connectivity index (χ3n) is 2.87. The van der Waals surface area contributed by atoms with Crippen molar-refractivity contribution in [2.45, 2.75) is 26.8 Å². The number of hydrogen-bond donors (Lipinski definition) is 1. The van der Waals surface area contributed by atoms with E-state index in [1.54, 1.807) is 11.3 Å². The van der Waals surface area contributed by atoms with Gasteiger partial charge in [-0.3, -0.25) is 10.1 Å². The molecule has 1 heterocycles. The lowest BCUT2D eigenvalue weighted by atomic mass is 10.2. The molecule has 2 aromatic rings. The number of hydrogen-bond acceptors (Lipinski definition) is 5. The number of halogens is 1. The van der Waals surface area contributed by atoms with Crippen molar-refractivity contribution in [1.82, 2.24) is 4.98 Å². The molecule has 7 heteroatoms. The molecule has 0 amide bonds. The molecule has 1 unspecified atom stereocenters. The number of anilines is 1. The number of thiazole rings is 1. The van der Waals surface area contributed by atoms with Crippen molar-refractivity contribution in [3.05, 3.63) is 48.9 Å². The molecule has 0 aliphatic carbocycles. The van der Waals surface area contributed by atoms with Crippen LogP contribution in [0.1, 0.15) is 28.5 Å². The molecule has 0 saturated carbocycles. The highest BCUT2D eigenvalue weighted by molar-refractivity contribution is 7.11. The van der Waals surface area contributed by atoms with Gasteiger partial charge < -0.3 is 5.32 Å². The Hall–Kier alpha value is -1.66. The Morgan fingerprint density at radius 2 is 2.15 bits per heavy atom. The zero-order valence-corrected chi connectivity index (χ0v) is 12.9. The number of rotatable bonds is 4. The van der Waals surface area contributed by atoms with Crippen molar-refractivity contribution >= 4 is 34.3 Å². The number of aryl methyl sites for hydroxylation is 2.